The van der Waals surface area contributed by atoms with Crippen molar-refractivity contribution < 1.29 is 9.53 Å². The lowest BCUT2D eigenvalue weighted by Gasteiger charge is -2.12. The third kappa shape index (κ3) is 6.27. The van der Waals surface area contributed by atoms with E-state index in [-0.39, 0.29) is 18.4 Å². The number of nitroso groups, excluding NO2 is 1. The van der Waals surface area contributed by atoms with Gasteiger partial charge in [0.2, 0.25) is 11.8 Å². The molecule has 0 spiro atoms. The molecule has 0 aliphatic rings. The zero-order valence-corrected chi connectivity index (χ0v) is 18.2. The molecule has 2 amide bonds. The number of anilines is 1. The van der Waals surface area contributed by atoms with Gasteiger partial charge in [0, 0.05) is 19.0 Å². The molecule has 3 N–H and O–H groups in total. The number of benzene rings is 1. The largest absolute Gasteiger partial charge is 0.471 e. The Morgan fingerprint density at radius 3 is 2.78 bits per heavy atom. The number of alkyl halides is 1. The molecule has 170 valence electrons. The van der Waals surface area contributed by atoms with Crippen molar-refractivity contribution in [3.05, 3.63) is 47.1 Å². The first-order chi connectivity index (χ1) is 15.6. The maximum absolute atomic E-state index is 11.7. The zero-order chi connectivity index (χ0) is 22.8. The van der Waals surface area contributed by atoms with Crippen LogP contribution in [0.3, 0.4) is 0 Å². The lowest BCUT2D eigenvalue weighted by atomic mass is 10.2. The molecule has 11 nitrogen and oxygen atoms in total. The summed E-state index contributed by atoms with van der Waals surface area (Å²) < 4.78 is 7.74. The summed E-state index contributed by atoms with van der Waals surface area (Å²) in [6.07, 6.45) is 4.12. The predicted octanol–water partition coefficient (Wildman–Crippen LogP) is 3.09. The Hall–Kier alpha value is -3.47. The van der Waals surface area contributed by atoms with Gasteiger partial charge in [0.05, 0.1) is 18.2 Å². The number of hydrogen-bond donors (Lipinski definition) is 2. The topological polar surface area (TPSA) is 141 Å². The Kier molecular flexibility index (Phi) is 8.55. The molecule has 0 saturated carbocycles. The summed E-state index contributed by atoms with van der Waals surface area (Å²) in [5.74, 6) is 0.615. The normalized spacial score (nSPS) is 10.8. The average molecular weight is 461 g/mol. The molecule has 0 fully saturated rings. The van der Waals surface area contributed by atoms with E-state index >= 15 is 0 Å². The van der Waals surface area contributed by atoms with Crippen molar-refractivity contribution in [2.75, 3.05) is 24.7 Å². The minimum absolute atomic E-state index is 0.0760. The fourth-order valence-corrected chi connectivity index (χ4v) is 3.21. The number of aryl methyl sites for hydroxylation is 1. The molecule has 0 saturated heterocycles. The number of halogens is 1. The Bertz CT molecular complexity index is 1030. The fraction of sp³-hybridized carbons (Fsp3) is 0.400. The van der Waals surface area contributed by atoms with Gasteiger partial charge in [0.25, 0.3) is 0 Å². The maximum atomic E-state index is 11.7. The Labute approximate surface area is 189 Å². The Morgan fingerprint density at radius 2 is 2.03 bits per heavy atom. The van der Waals surface area contributed by atoms with Gasteiger partial charge in [-0.05, 0) is 24.8 Å². The monoisotopic (exact) mass is 460 g/mol. The first-order valence-corrected chi connectivity index (χ1v) is 10.8. The quantitative estimate of drug-likeness (QED) is 0.183. The van der Waals surface area contributed by atoms with E-state index in [9.17, 15) is 9.70 Å². The molecule has 2 aromatic heterocycles. The van der Waals surface area contributed by atoms with Gasteiger partial charge in [0.1, 0.15) is 6.61 Å². The number of carbonyl (C=O) groups excluding carboxylic acids is 1. The molecule has 12 heteroatoms. The number of fused-ring (bicyclic) bond motifs is 1. The summed E-state index contributed by atoms with van der Waals surface area (Å²) >= 11 is 5.52. The fourth-order valence-electron chi connectivity index (χ4n) is 3.05. The highest BCUT2D eigenvalue weighted by Crippen LogP contribution is 2.23. The van der Waals surface area contributed by atoms with Crippen molar-refractivity contribution in [1.82, 2.24) is 29.8 Å². The van der Waals surface area contributed by atoms with Gasteiger partial charge in [0.15, 0.2) is 11.2 Å². The second-order valence-electron chi connectivity index (χ2n) is 6.96. The van der Waals surface area contributed by atoms with Gasteiger partial charge in [-0.3, -0.25) is 0 Å². The summed E-state index contributed by atoms with van der Waals surface area (Å²) in [7, 11) is 0. The van der Waals surface area contributed by atoms with E-state index in [4.69, 9.17) is 22.1 Å². The zero-order valence-electron chi connectivity index (χ0n) is 17.5. The maximum Gasteiger partial charge on any atom is 0.340 e. The number of nitrogen functional groups attached to an aromatic ring is 1. The SMILES string of the molecule is Nc1nc(OCc2ccccc2)c2ncn(CCCCCNC(=O)N(CCCl)N=O)c2n1. The molecule has 0 atom stereocenters. The minimum Gasteiger partial charge on any atom is -0.471 e. The number of urea groups is 1. The number of aromatic nitrogens is 4. The standard InChI is InChI=1S/C20H25ClN8O3/c21-9-12-29(27-31)20(30)23-10-5-2-6-11-28-14-24-16-17(28)25-19(22)26-18(16)32-13-15-7-3-1-4-8-15/h1,3-4,7-8,14H,2,5-6,9-13H2,(H,23,30)(H2,22,25,26). The molecule has 0 unspecified atom stereocenters. The second kappa shape index (κ2) is 11.8. The van der Waals surface area contributed by atoms with Crippen LogP contribution in [0, 0.1) is 4.91 Å². The van der Waals surface area contributed by atoms with Crippen molar-refractivity contribution in [2.45, 2.75) is 32.4 Å². The van der Waals surface area contributed by atoms with E-state index in [1.54, 1.807) is 6.33 Å². The number of unbranched alkanes of at least 4 members (excludes halogenated alkanes) is 2. The molecule has 32 heavy (non-hydrogen) atoms. The summed E-state index contributed by atoms with van der Waals surface area (Å²) in [4.78, 5) is 35.2. The number of nitrogens with zero attached hydrogens (tertiary/aromatic N) is 6. The van der Waals surface area contributed by atoms with Crippen LogP contribution < -0.4 is 15.8 Å². The van der Waals surface area contributed by atoms with Crippen LogP contribution in [-0.2, 0) is 13.2 Å². The van der Waals surface area contributed by atoms with Gasteiger partial charge in [-0.15, -0.1) is 16.5 Å². The summed E-state index contributed by atoms with van der Waals surface area (Å²) in [6.45, 7) is 1.54. The van der Waals surface area contributed by atoms with E-state index in [0.717, 1.165) is 29.8 Å². The number of ether oxygens (including phenoxy) is 1. The van der Waals surface area contributed by atoms with Crippen LogP contribution >= 0.6 is 11.6 Å². The third-order valence-electron chi connectivity index (χ3n) is 4.65. The van der Waals surface area contributed by atoms with Crippen LogP contribution in [0.1, 0.15) is 24.8 Å². The van der Waals surface area contributed by atoms with Crippen molar-refractivity contribution in [3.8, 4) is 5.88 Å². The van der Waals surface area contributed by atoms with Crippen LogP contribution in [0.15, 0.2) is 41.9 Å². The molecular weight excluding hydrogens is 436 g/mol. The predicted molar refractivity (Wildman–Crippen MR) is 121 cm³/mol. The Balaban J connectivity index is 1.50. The number of carbonyl (C=O) groups is 1. The lowest BCUT2D eigenvalue weighted by molar-refractivity contribution is 0.202. The van der Waals surface area contributed by atoms with E-state index in [2.05, 4.69) is 25.6 Å². The number of nitrogens with one attached hydrogen (secondary N) is 1. The van der Waals surface area contributed by atoms with Crippen molar-refractivity contribution in [1.29, 1.82) is 0 Å². The van der Waals surface area contributed by atoms with Gasteiger partial charge in [-0.1, -0.05) is 30.3 Å². The molecule has 3 aromatic rings. The molecule has 0 bridgehead atoms. The van der Waals surface area contributed by atoms with Crippen molar-refractivity contribution in [2.24, 2.45) is 5.29 Å². The van der Waals surface area contributed by atoms with Gasteiger partial charge in [-0.25, -0.2) is 9.78 Å². The van der Waals surface area contributed by atoms with Crippen LogP contribution in [0.25, 0.3) is 11.2 Å². The highest BCUT2D eigenvalue weighted by molar-refractivity contribution is 6.18. The van der Waals surface area contributed by atoms with Crippen LogP contribution in [0.5, 0.6) is 5.88 Å². The number of amides is 2. The summed E-state index contributed by atoms with van der Waals surface area (Å²) in [5.41, 5.74) is 8.06. The van der Waals surface area contributed by atoms with Crippen molar-refractivity contribution >= 4 is 34.7 Å². The van der Waals surface area contributed by atoms with E-state index in [1.165, 1.54) is 0 Å². The lowest BCUT2D eigenvalue weighted by Crippen LogP contribution is -2.37. The molecule has 0 aliphatic heterocycles. The third-order valence-corrected chi connectivity index (χ3v) is 4.82. The molecule has 1 aromatic carbocycles. The first kappa shape index (κ1) is 23.2. The van der Waals surface area contributed by atoms with E-state index in [1.807, 2.05) is 34.9 Å². The minimum atomic E-state index is -0.545. The van der Waals surface area contributed by atoms with E-state index < -0.39 is 6.03 Å². The van der Waals surface area contributed by atoms with Crippen LogP contribution in [0.2, 0.25) is 0 Å². The Morgan fingerprint density at radius 1 is 1.22 bits per heavy atom. The molecule has 0 radical (unpaired) electrons. The van der Waals surface area contributed by atoms with Gasteiger partial charge in [-0.2, -0.15) is 15.0 Å². The van der Waals surface area contributed by atoms with Gasteiger partial charge < -0.3 is 20.4 Å². The number of rotatable bonds is 12. The highest BCUT2D eigenvalue weighted by Gasteiger charge is 2.14. The highest BCUT2D eigenvalue weighted by atomic mass is 35.5. The molecule has 0 aliphatic carbocycles. The second-order valence-corrected chi connectivity index (χ2v) is 7.34. The number of hydrogen-bond acceptors (Lipinski definition) is 8. The molecular formula is C20H25ClN8O3. The summed E-state index contributed by atoms with van der Waals surface area (Å²) in [6, 6.07) is 9.21. The van der Waals surface area contributed by atoms with Crippen molar-refractivity contribution in [3.63, 3.8) is 0 Å². The average Bonchev–Trinajstić information content (AvgIpc) is 3.21. The van der Waals surface area contributed by atoms with Crippen LogP contribution in [-0.4, -0.2) is 49.5 Å². The number of nitrogens with two attached hydrogens (primary N) is 1. The van der Waals surface area contributed by atoms with Crippen LogP contribution in [0.4, 0.5) is 10.7 Å². The smallest absolute Gasteiger partial charge is 0.340 e. The number of imidazole rings is 1. The van der Waals surface area contributed by atoms with Gasteiger partial charge >= 0.3 is 6.03 Å². The first-order valence-electron chi connectivity index (χ1n) is 10.2. The molecule has 3 rings (SSSR count). The van der Waals surface area contributed by atoms with E-state index in [0.29, 0.717) is 36.7 Å². The summed E-state index contributed by atoms with van der Waals surface area (Å²) in [5, 5.41) is 6.06. The molecule has 2 heterocycles.